The van der Waals surface area contributed by atoms with Crippen molar-refractivity contribution >= 4 is 22.2 Å². The number of carbonyl (C=O) groups excluding carboxylic acids is 1. The number of hydroxylamine groups is 1. The zero-order chi connectivity index (χ0) is 13.7. The van der Waals surface area contributed by atoms with Crippen LogP contribution in [0.25, 0.3) is 0 Å². The lowest BCUT2D eigenvalue weighted by atomic mass is 10.2. The molecule has 0 aliphatic rings. The molecule has 0 bridgehead atoms. The van der Waals surface area contributed by atoms with Crippen molar-refractivity contribution in [1.82, 2.24) is 5.48 Å². The molecule has 1 aromatic carbocycles. The van der Waals surface area contributed by atoms with Crippen LogP contribution in [-0.2, 0) is 11.4 Å². The Morgan fingerprint density at radius 1 is 1.26 bits per heavy atom. The average molecular weight is 278 g/mol. The first-order valence-electron chi connectivity index (χ1n) is 5.37. The quantitative estimate of drug-likeness (QED) is 0.673. The topological polar surface area (TPSA) is 81.5 Å². The highest BCUT2D eigenvalue weighted by molar-refractivity contribution is 7.17. The molecular weight excluding hydrogens is 268 g/mol. The van der Waals surface area contributed by atoms with Gasteiger partial charge in [0.15, 0.2) is 0 Å². The maximum Gasteiger partial charge on any atom is 0.324 e. The van der Waals surface area contributed by atoms with E-state index in [1.165, 1.54) is 12.1 Å². The summed E-state index contributed by atoms with van der Waals surface area (Å²) in [7, 11) is 0. The second-order valence-corrected chi connectivity index (χ2v) is 4.66. The van der Waals surface area contributed by atoms with Crippen LogP contribution < -0.4 is 5.48 Å². The van der Waals surface area contributed by atoms with Gasteiger partial charge in [0, 0.05) is 6.07 Å². The van der Waals surface area contributed by atoms with Crippen LogP contribution in [0, 0.1) is 10.1 Å². The molecule has 1 amide bonds. The first-order valence-corrected chi connectivity index (χ1v) is 6.19. The maximum absolute atomic E-state index is 11.6. The third kappa shape index (κ3) is 3.60. The number of nitrogens with zero attached hydrogens (tertiary/aromatic N) is 1. The Hall–Kier alpha value is -2.25. The predicted molar refractivity (Wildman–Crippen MR) is 69.7 cm³/mol. The largest absolute Gasteiger partial charge is 0.324 e. The van der Waals surface area contributed by atoms with Crippen LogP contribution in [0.3, 0.4) is 0 Å². The molecule has 1 aromatic heterocycles. The highest BCUT2D eigenvalue weighted by Crippen LogP contribution is 2.23. The Kier molecular flexibility index (Phi) is 4.22. The molecular formula is C12H10N2O4S. The molecule has 0 saturated carbocycles. The van der Waals surface area contributed by atoms with Crippen molar-refractivity contribution in [2.75, 3.05) is 0 Å². The van der Waals surface area contributed by atoms with Crippen molar-refractivity contribution in [3.05, 3.63) is 63.0 Å². The van der Waals surface area contributed by atoms with Gasteiger partial charge in [0.05, 0.1) is 11.5 Å². The maximum atomic E-state index is 11.6. The number of hydrogen-bond donors (Lipinski definition) is 1. The summed E-state index contributed by atoms with van der Waals surface area (Å²) in [4.78, 5) is 26.9. The van der Waals surface area contributed by atoms with Crippen LogP contribution in [0.2, 0.25) is 0 Å². The predicted octanol–water partition coefficient (Wildman–Crippen LogP) is 2.52. The summed E-state index contributed by atoms with van der Waals surface area (Å²) >= 11 is 0.804. The summed E-state index contributed by atoms with van der Waals surface area (Å²) in [5.74, 6) is -0.492. The van der Waals surface area contributed by atoms with Gasteiger partial charge >= 0.3 is 5.00 Å². The molecule has 7 heteroatoms. The van der Waals surface area contributed by atoms with E-state index in [-0.39, 0.29) is 16.5 Å². The third-order valence-corrected chi connectivity index (χ3v) is 3.28. The minimum atomic E-state index is -0.535. The van der Waals surface area contributed by atoms with Gasteiger partial charge in [-0.3, -0.25) is 19.7 Å². The van der Waals surface area contributed by atoms with Crippen molar-refractivity contribution in [3.63, 3.8) is 0 Å². The molecule has 0 unspecified atom stereocenters. The van der Waals surface area contributed by atoms with Gasteiger partial charge in [-0.25, -0.2) is 5.48 Å². The number of amides is 1. The van der Waals surface area contributed by atoms with E-state index in [1.807, 2.05) is 30.3 Å². The molecule has 0 atom stereocenters. The number of nitrogens with one attached hydrogen (secondary N) is 1. The van der Waals surface area contributed by atoms with Gasteiger partial charge in [-0.15, -0.1) is 0 Å². The number of nitro groups is 1. The number of thiophene rings is 1. The summed E-state index contributed by atoms with van der Waals surface area (Å²) < 4.78 is 0. The zero-order valence-electron chi connectivity index (χ0n) is 9.74. The lowest BCUT2D eigenvalue weighted by Crippen LogP contribution is -2.22. The molecule has 2 rings (SSSR count). The summed E-state index contributed by atoms with van der Waals surface area (Å²) in [5.41, 5.74) is 3.17. The van der Waals surface area contributed by atoms with Gasteiger partial charge in [0.1, 0.15) is 4.88 Å². The summed E-state index contributed by atoms with van der Waals surface area (Å²) in [6, 6.07) is 12.0. The number of rotatable bonds is 5. The van der Waals surface area contributed by atoms with Gasteiger partial charge in [0.25, 0.3) is 5.91 Å². The Labute approximate surface area is 112 Å². The van der Waals surface area contributed by atoms with Gasteiger partial charge in [-0.2, -0.15) is 0 Å². The standard InChI is InChI=1S/C12H10N2O4S/c15-12(10-6-7-11(19-10)14(16)17)13-18-8-9-4-2-1-3-5-9/h1-7H,8H2,(H,13,15). The minimum absolute atomic E-state index is 0.0757. The molecule has 0 radical (unpaired) electrons. The van der Waals surface area contributed by atoms with Gasteiger partial charge in [0.2, 0.25) is 0 Å². The van der Waals surface area contributed by atoms with E-state index in [9.17, 15) is 14.9 Å². The van der Waals surface area contributed by atoms with Crippen LogP contribution in [-0.4, -0.2) is 10.8 Å². The van der Waals surface area contributed by atoms with Crippen molar-refractivity contribution in [1.29, 1.82) is 0 Å². The van der Waals surface area contributed by atoms with E-state index in [1.54, 1.807) is 0 Å². The summed E-state index contributed by atoms with van der Waals surface area (Å²) in [5, 5.41) is 10.4. The molecule has 0 spiro atoms. The van der Waals surface area contributed by atoms with Crippen molar-refractivity contribution in [3.8, 4) is 0 Å². The van der Waals surface area contributed by atoms with Crippen LogP contribution >= 0.6 is 11.3 Å². The summed E-state index contributed by atoms with van der Waals surface area (Å²) in [6.07, 6.45) is 0. The molecule has 1 heterocycles. The second-order valence-electron chi connectivity index (χ2n) is 3.60. The monoisotopic (exact) mass is 278 g/mol. The van der Waals surface area contributed by atoms with Crippen LogP contribution in [0.15, 0.2) is 42.5 Å². The molecule has 0 fully saturated rings. The van der Waals surface area contributed by atoms with Gasteiger partial charge in [-0.05, 0) is 11.6 Å². The van der Waals surface area contributed by atoms with Crippen molar-refractivity contribution < 1.29 is 14.6 Å². The number of hydrogen-bond acceptors (Lipinski definition) is 5. The molecule has 0 aliphatic carbocycles. The van der Waals surface area contributed by atoms with E-state index >= 15 is 0 Å². The fourth-order valence-electron chi connectivity index (χ4n) is 1.36. The Morgan fingerprint density at radius 3 is 2.63 bits per heavy atom. The van der Waals surface area contributed by atoms with E-state index < -0.39 is 10.8 Å². The lowest BCUT2D eigenvalue weighted by Gasteiger charge is -2.04. The normalized spacial score (nSPS) is 10.1. The number of benzene rings is 1. The molecule has 0 saturated heterocycles. The fourth-order valence-corrected chi connectivity index (χ4v) is 2.06. The van der Waals surface area contributed by atoms with Gasteiger partial charge in [-0.1, -0.05) is 41.7 Å². The Balaban J connectivity index is 1.85. The molecule has 19 heavy (non-hydrogen) atoms. The SMILES string of the molecule is O=C(NOCc1ccccc1)c1ccc([N+](=O)[O-])s1. The smallest absolute Gasteiger partial charge is 0.269 e. The molecule has 6 nitrogen and oxygen atoms in total. The first kappa shape index (κ1) is 13.2. The third-order valence-electron chi connectivity index (χ3n) is 2.24. The average Bonchev–Trinajstić information content (AvgIpc) is 2.89. The van der Waals surface area contributed by atoms with Gasteiger partial charge < -0.3 is 0 Å². The van der Waals surface area contributed by atoms with Crippen molar-refractivity contribution in [2.24, 2.45) is 0 Å². The number of carbonyl (C=O) groups is 1. The van der Waals surface area contributed by atoms with Crippen LogP contribution in [0.5, 0.6) is 0 Å². The molecule has 1 N–H and O–H groups in total. The zero-order valence-corrected chi connectivity index (χ0v) is 10.6. The van der Waals surface area contributed by atoms with Crippen molar-refractivity contribution in [2.45, 2.75) is 6.61 Å². The lowest BCUT2D eigenvalue weighted by molar-refractivity contribution is -0.380. The van der Waals surface area contributed by atoms with Crippen LogP contribution in [0.1, 0.15) is 15.2 Å². The van der Waals surface area contributed by atoms with E-state index in [0.29, 0.717) is 0 Å². The van der Waals surface area contributed by atoms with E-state index in [2.05, 4.69) is 5.48 Å². The summed E-state index contributed by atoms with van der Waals surface area (Å²) in [6.45, 7) is 0.236. The second kappa shape index (κ2) is 6.07. The molecule has 98 valence electrons. The highest BCUT2D eigenvalue weighted by Gasteiger charge is 2.15. The van der Waals surface area contributed by atoms with E-state index in [4.69, 9.17) is 4.84 Å². The first-order chi connectivity index (χ1) is 9.16. The van der Waals surface area contributed by atoms with E-state index in [0.717, 1.165) is 16.9 Å². The highest BCUT2D eigenvalue weighted by atomic mass is 32.1. The molecule has 0 aliphatic heterocycles. The minimum Gasteiger partial charge on any atom is -0.269 e. The fraction of sp³-hybridized carbons (Fsp3) is 0.0833. The van der Waals surface area contributed by atoms with Crippen LogP contribution in [0.4, 0.5) is 5.00 Å². The Morgan fingerprint density at radius 2 is 2.00 bits per heavy atom. The molecule has 2 aromatic rings. The Bertz CT molecular complexity index is 582.